The summed E-state index contributed by atoms with van der Waals surface area (Å²) in [6, 6.07) is -0.571. The summed E-state index contributed by atoms with van der Waals surface area (Å²) in [4.78, 5) is 26.2. The second kappa shape index (κ2) is 4.31. The fourth-order valence-electron chi connectivity index (χ4n) is 2.13. The van der Waals surface area contributed by atoms with Crippen LogP contribution in [0.1, 0.15) is 27.7 Å². The monoisotopic (exact) mass is 228 g/mol. The molecule has 0 bridgehead atoms. The Labute approximate surface area is 96.0 Å². The molecule has 0 spiro atoms. The molecule has 2 amide bonds. The van der Waals surface area contributed by atoms with E-state index in [0.29, 0.717) is 19.6 Å². The average molecular weight is 228 g/mol. The lowest BCUT2D eigenvalue weighted by Gasteiger charge is -2.44. The van der Waals surface area contributed by atoms with Gasteiger partial charge in [0, 0.05) is 19.6 Å². The van der Waals surface area contributed by atoms with E-state index in [9.17, 15) is 9.59 Å². The predicted molar refractivity (Wildman–Crippen MR) is 60.2 cm³/mol. The van der Waals surface area contributed by atoms with E-state index in [-0.39, 0.29) is 11.3 Å². The van der Waals surface area contributed by atoms with E-state index >= 15 is 0 Å². The van der Waals surface area contributed by atoms with Gasteiger partial charge in [0.15, 0.2) is 0 Å². The molecule has 0 aromatic carbocycles. The molecule has 1 N–H and O–H groups in total. The smallest absolute Gasteiger partial charge is 0.408 e. The molecule has 1 aliphatic heterocycles. The highest BCUT2D eigenvalue weighted by Crippen LogP contribution is 2.28. The molecule has 1 atom stereocenters. The molecular weight excluding hydrogens is 208 g/mol. The number of likely N-dealkylation sites (N-methyl/N-ethyl adjacent to an activating group) is 1. The molecule has 1 aliphatic rings. The minimum absolute atomic E-state index is 0.0800. The van der Waals surface area contributed by atoms with Crippen LogP contribution in [0.5, 0.6) is 0 Å². The van der Waals surface area contributed by atoms with Gasteiger partial charge in [-0.3, -0.25) is 9.69 Å². The van der Waals surface area contributed by atoms with Crippen molar-refractivity contribution in [2.24, 2.45) is 5.41 Å². The minimum atomic E-state index is -1.01. The maximum atomic E-state index is 12.1. The highest BCUT2D eigenvalue weighted by molar-refractivity contribution is 5.87. The first-order valence-electron chi connectivity index (χ1n) is 5.57. The van der Waals surface area contributed by atoms with Gasteiger partial charge < -0.3 is 10.0 Å². The largest absolute Gasteiger partial charge is 0.465 e. The average Bonchev–Trinajstić information content (AvgIpc) is 2.14. The maximum absolute atomic E-state index is 12.1. The van der Waals surface area contributed by atoms with Crippen molar-refractivity contribution in [3.8, 4) is 0 Å². The lowest BCUT2D eigenvalue weighted by molar-refractivity contribution is -0.144. The second-order valence-corrected chi connectivity index (χ2v) is 5.16. The molecule has 0 aromatic rings. The minimum Gasteiger partial charge on any atom is -0.465 e. The summed E-state index contributed by atoms with van der Waals surface area (Å²) in [5.41, 5.74) is -0.372. The zero-order valence-electron chi connectivity index (χ0n) is 10.4. The Hall–Kier alpha value is -1.26. The number of carbonyl (C=O) groups is 2. The van der Waals surface area contributed by atoms with Gasteiger partial charge in [-0.05, 0) is 12.3 Å². The van der Waals surface area contributed by atoms with Gasteiger partial charge >= 0.3 is 6.09 Å². The summed E-state index contributed by atoms with van der Waals surface area (Å²) in [6.45, 7) is 9.12. The molecule has 1 saturated heterocycles. The van der Waals surface area contributed by atoms with Gasteiger partial charge in [0.25, 0.3) is 0 Å². The fourth-order valence-corrected chi connectivity index (χ4v) is 2.13. The van der Waals surface area contributed by atoms with Crippen LogP contribution in [0, 0.1) is 5.41 Å². The van der Waals surface area contributed by atoms with Gasteiger partial charge in [-0.1, -0.05) is 20.8 Å². The van der Waals surface area contributed by atoms with Gasteiger partial charge in [0.05, 0.1) is 0 Å². The number of carboxylic acid groups (broad SMARTS) is 1. The molecule has 0 aromatic heterocycles. The summed E-state index contributed by atoms with van der Waals surface area (Å²) >= 11 is 0. The van der Waals surface area contributed by atoms with Crippen LogP contribution in [0.3, 0.4) is 0 Å². The van der Waals surface area contributed by atoms with Crippen LogP contribution in [0.2, 0.25) is 0 Å². The van der Waals surface area contributed by atoms with E-state index in [1.807, 2.05) is 27.7 Å². The van der Waals surface area contributed by atoms with Crippen molar-refractivity contribution in [1.82, 2.24) is 9.80 Å². The fraction of sp³-hybridized carbons (Fsp3) is 0.818. The molecule has 0 radical (unpaired) electrons. The second-order valence-electron chi connectivity index (χ2n) is 5.16. The third kappa shape index (κ3) is 2.28. The Bertz CT molecular complexity index is 296. The lowest BCUT2D eigenvalue weighted by Crippen LogP contribution is -2.62. The third-order valence-electron chi connectivity index (χ3n) is 2.92. The zero-order valence-corrected chi connectivity index (χ0v) is 10.4. The highest BCUT2D eigenvalue weighted by atomic mass is 16.4. The van der Waals surface area contributed by atoms with Crippen molar-refractivity contribution in [1.29, 1.82) is 0 Å². The van der Waals surface area contributed by atoms with Crippen molar-refractivity contribution in [2.75, 3.05) is 19.6 Å². The first kappa shape index (κ1) is 12.8. The molecule has 5 nitrogen and oxygen atoms in total. The Balaban J connectivity index is 3.00. The van der Waals surface area contributed by atoms with Gasteiger partial charge in [-0.15, -0.1) is 0 Å². The van der Waals surface area contributed by atoms with E-state index in [4.69, 9.17) is 5.11 Å². The quantitative estimate of drug-likeness (QED) is 0.734. The maximum Gasteiger partial charge on any atom is 0.408 e. The molecular formula is C11H20N2O3. The summed E-state index contributed by atoms with van der Waals surface area (Å²) in [7, 11) is 0. The van der Waals surface area contributed by atoms with Crippen LogP contribution >= 0.6 is 0 Å². The molecule has 1 fully saturated rings. The van der Waals surface area contributed by atoms with Gasteiger partial charge in [-0.2, -0.15) is 0 Å². The summed E-state index contributed by atoms with van der Waals surface area (Å²) < 4.78 is 0. The first-order valence-corrected chi connectivity index (χ1v) is 5.57. The Morgan fingerprint density at radius 1 is 1.44 bits per heavy atom. The van der Waals surface area contributed by atoms with Gasteiger partial charge in [0.2, 0.25) is 5.91 Å². The molecule has 16 heavy (non-hydrogen) atoms. The predicted octanol–water partition coefficient (Wildman–Crippen LogP) is 1.24. The Morgan fingerprint density at radius 2 is 2.00 bits per heavy atom. The highest BCUT2D eigenvalue weighted by Gasteiger charge is 2.43. The number of amides is 2. The van der Waals surface area contributed by atoms with Crippen molar-refractivity contribution in [2.45, 2.75) is 33.7 Å². The third-order valence-corrected chi connectivity index (χ3v) is 2.92. The van der Waals surface area contributed by atoms with E-state index in [2.05, 4.69) is 0 Å². The van der Waals surface area contributed by atoms with Gasteiger partial charge in [0.1, 0.15) is 6.04 Å². The van der Waals surface area contributed by atoms with E-state index in [1.165, 1.54) is 4.90 Å². The number of hydrogen-bond donors (Lipinski definition) is 1. The topological polar surface area (TPSA) is 60.9 Å². The standard InChI is InChI=1S/C11H20N2O3/c1-5-12-6-7-13(10(15)16)8(9(12)14)11(2,3)4/h8H,5-7H2,1-4H3,(H,15,16). The number of piperazine rings is 1. The Kier molecular flexibility index (Phi) is 3.45. The normalized spacial score (nSPS) is 22.5. The number of carbonyl (C=O) groups excluding carboxylic acids is 1. The number of nitrogens with zero attached hydrogens (tertiary/aromatic N) is 2. The number of rotatable bonds is 1. The SMILES string of the molecule is CCN1CCN(C(=O)O)C(C(C)(C)C)C1=O. The molecule has 1 heterocycles. The van der Waals surface area contributed by atoms with Crippen LogP contribution in [-0.2, 0) is 4.79 Å². The molecule has 0 aliphatic carbocycles. The Morgan fingerprint density at radius 3 is 2.38 bits per heavy atom. The van der Waals surface area contributed by atoms with Crippen molar-refractivity contribution in [3.63, 3.8) is 0 Å². The summed E-state index contributed by atoms with van der Waals surface area (Å²) in [5, 5.41) is 9.10. The van der Waals surface area contributed by atoms with Crippen LogP contribution in [0.15, 0.2) is 0 Å². The van der Waals surface area contributed by atoms with Crippen molar-refractivity contribution >= 4 is 12.0 Å². The summed E-state index contributed by atoms with van der Waals surface area (Å²) in [5.74, 6) is -0.0800. The van der Waals surface area contributed by atoms with E-state index in [1.54, 1.807) is 4.90 Å². The lowest BCUT2D eigenvalue weighted by atomic mass is 9.83. The van der Waals surface area contributed by atoms with E-state index < -0.39 is 12.1 Å². The van der Waals surface area contributed by atoms with E-state index in [0.717, 1.165) is 0 Å². The molecule has 5 heteroatoms. The molecule has 0 saturated carbocycles. The molecule has 1 rings (SSSR count). The first-order chi connectivity index (χ1) is 7.29. The van der Waals surface area contributed by atoms with Crippen LogP contribution < -0.4 is 0 Å². The van der Waals surface area contributed by atoms with Crippen LogP contribution in [0.4, 0.5) is 4.79 Å². The zero-order chi connectivity index (χ0) is 12.5. The summed E-state index contributed by atoms with van der Waals surface area (Å²) in [6.07, 6.45) is -1.01. The van der Waals surface area contributed by atoms with Crippen LogP contribution in [-0.4, -0.2) is 52.6 Å². The van der Waals surface area contributed by atoms with Crippen molar-refractivity contribution < 1.29 is 14.7 Å². The number of hydrogen-bond acceptors (Lipinski definition) is 2. The van der Waals surface area contributed by atoms with Gasteiger partial charge in [-0.25, -0.2) is 4.79 Å². The van der Waals surface area contributed by atoms with Crippen molar-refractivity contribution in [3.05, 3.63) is 0 Å². The molecule has 92 valence electrons. The van der Waals surface area contributed by atoms with Crippen LogP contribution in [0.25, 0.3) is 0 Å². The molecule has 1 unspecified atom stereocenters.